The van der Waals surface area contributed by atoms with Gasteiger partial charge in [0.25, 0.3) is 0 Å². The van der Waals surface area contributed by atoms with Crippen LogP contribution in [0.15, 0.2) is 0 Å². The van der Waals surface area contributed by atoms with Crippen LogP contribution in [0.5, 0.6) is 0 Å². The van der Waals surface area contributed by atoms with Crippen molar-refractivity contribution in [2.75, 3.05) is 13.2 Å². The SMILES string of the molecule is CCCCCCCCCCCOC1O[C@H](CO)[C@@H](O)[C@H](OS(=O)(=O)O)[C@H]1OS(=O)(=O)O. The highest BCUT2D eigenvalue weighted by Crippen LogP contribution is 2.29. The number of hydrogen-bond acceptors (Lipinski definition) is 10. The van der Waals surface area contributed by atoms with Crippen molar-refractivity contribution in [2.24, 2.45) is 0 Å². The topological polar surface area (TPSA) is 186 Å². The van der Waals surface area contributed by atoms with Gasteiger partial charge in [0, 0.05) is 6.61 Å². The summed E-state index contributed by atoms with van der Waals surface area (Å²) < 4.78 is 81.9. The Labute approximate surface area is 183 Å². The van der Waals surface area contributed by atoms with Crippen LogP contribution in [0.2, 0.25) is 0 Å². The molecule has 0 spiro atoms. The van der Waals surface area contributed by atoms with Crippen molar-refractivity contribution >= 4 is 20.8 Å². The van der Waals surface area contributed by atoms with Crippen LogP contribution in [-0.4, -0.2) is 80.1 Å². The van der Waals surface area contributed by atoms with Gasteiger partial charge in [-0.2, -0.15) is 16.8 Å². The third kappa shape index (κ3) is 11.8. The first-order valence-corrected chi connectivity index (χ1v) is 13.1. The molecule has 1 aliphatic heterocycles. The summed E-state index contributed by atoms with van der Waals surface area (Å²) in [5.74, 6) is 0. The van der Waals surface area contributed by atoms with Crippen molar-refractivity contribution < 1.29 is 54.0 Å². The minimum Gasteiger partial charge on any atom is -0.394 e. The van der Waals surface area contributed by atoms with Gasteiger partial charge in [-0.3, -0.25) is 9.11 Å². The van der Waals surface area contributed by atoms with Gasteiger partial charge in [-0.25, -0.2) is 8.37 Å². The third-order valence-corrected chi connectivity index (χ3v) is 5.72. The molecule has 0 aromatic carbocycles. The van der Waals surface area contributed by atoms with Gasteiger partial charge in [0.05, 0.1) is 6.61 Å². The second-order valence-electron chi connectivity index (χ2n) is 7.39. The maximum absolute atomic E-state index is 11.2. The lowest BCUT2D eigenvalue weighted by Gasteiger charge is -2.41. The highest BCUT2D eigenvalue weighted by molar-refractivity contribution is 7.81. The molecule has 0 saturated carbocycles. The van der Waals surface area contributed by atoms with E-state index in [0.717, 1.165) is 25.7 Å². The molecule has 0 bridgehead atoms. The average Bonchev–Trinajstić information content (AvgIpc) is 2.65. The summed E-state index contributed by atoms with van der Waals surface area (Å²) >= 11 is 0. The van der Waals surface area contributed by atoms with Crippen molar-refractivity contribution in [2.45, 2.75) is 95.4 Å². The molecule has 4 N–H and O–H groups in total. The third-order valence-electron chi connectivity index (χ3n) is 4.79. The first-order chi connectivity index (χ1) is 14.5. The summed E-state index contributed by atoms with van der Waals surface area (Å²) in [5.41, 5.74) is 0. The van der Waals surface area contributed by atoms with Crippen LogP contribution in [0.1, 0.15) is 64.7 Å². The number of ether oxygens (including phenoxy) is 2. The van der Waals surface area contributed by atoms with Crippen LogP contribution in [0.25, 0.3) is 0 Å². The minimum atomic E-state index is -5.15. The van der Waals surface area contributed by atoms with Crippen molar-refractivity contribution in [1.82, 2.24) is 0 Å². The van der Waals surface area contributed by atoms with Gasteiger partial charge < -0.3 is 19.7 Å². The fraction of sp³-hybridized carbons (Fsp3) is 1.00. The maximum atomic E-state index is 11.2. The van der Waals surface area contributed by atoms with E-state index in [9.17, 15) is 27.0 Å². The molecule has 1 saturated heterocycles. The monoisotopic (exact) mass is 494 g/mol. The zero-order chi connectivity index (χ0) is 23.5. The number of aliphatic hydroxyl groups is 2. The molecule has 1 aliphatic rings. The Kier molecular flexibility index (Phi) is 12.9. The summed E-state index contributed by atoms with van der Waals surface area (Å²) in [6, 6.07) is 0. The lowest BCUT2D eigenvalue weighted by Crippen LogP contribution is -2.61. The fourth-order valence-corrected chi connectivity index (χ4v) is 4.27. The van der Waals surface area contributed by atoms with Crippen LogP contribution < -0.4 is 0 Å². The smallest absolute Gasteiger partial charge is 0.394 e. The molecule has 1 heterocycles. The lowest BCUT2D eigenvalue weighted by molar-refractivity contribution is -0.291. The molecule has 1 rings (SSSR count). The Bertz CT molecular complexity index is 696. The Morgan fingerprint density at radius 3 is 1.77 bits per heavy atom. The molecule has 0 aromatic heterocycles. The normalized spacial score (nSPS) is 27.5. The molecule has 0 aliphatic carbocycles. The van der Waals surface area contributed by atoms with Crippen molar-refractivity contribution in [3.05, 3.63) is 0 Å². The molecule has 14 heteroatoms. The maximum Gasteiger partial charge on any atom is 0.397 e. The van der Waals surface area contributed by atoms with E-state index in [1.165, 1.54) is 25.7 Å². The van der Waals surface area contributed by atoms with Gasteiger partial charge in [-0.15, -0.1) is 0 Å². The van der Waals surface area contributed by atoms with Crippen molar-refractivity contribution in [3.8, 4) is 0 Å². The fourth-order valence-electron chi connectivity index (χ4n) is 3.28. The van der Waals surface area contributed by atoms with Gasteiger partial charge in [-0.05, 0) is 6.42 Å². The Morgan fingerprint density at radius 2 is 1.29 bits per heavy atom. The first-order valence-electron chi connectivity index (χ1n) is 10.4. The van der Waals surface area contributed by atoms with Crippen LogP contribution in [-0.2, 0) is 38.6 Å². The number of hydrogen-bond donors (Lipinski definition) is 4. The Balaban J connectivity index is 2.65. The summed E-state index contributed by atoms with van der Waals surface area (Å²) in [7, 11) is -10.3. The van der Waals surface area contributed by atoms with E-state index in [4.69, 9.17) is 18.6 Å². The molecule has 186 valence electrons. The molecule has 1 fully saturated rings. The Morgan fingerprint density at radius 1 is 0.806 bits per heavy atom. The van der Waals surface area contributed by atoms with E-state index >= 15 is 0 Å². The summed E-state index contributed by atoms with van der Waals surface area (Å²) in [6.07, 6.45) is 0.473. The molecule has 5 atom stereocenters. The van der Waals surface area contributed by atoms with Crippen LogP contribution in [0, 0.1) is 0 Å². The molecule has 1 unspecified atom stereocenters. The van der Waals surface area contributed by atoms with E-state index in [0.29, 0.717) is 6.42 Å². The van der Waals surface area contributed by atoms with Gasteiger partial charge in [0.2, 0.25) is 0 Å². The highest BCUT2D eigenvalue weighted by Gasteiger charge is 2.50. The molecule has 0 radical (unpaired) electrons. The van der Waals surface area contributed by atoms with Crippen LogP contribution in [0.3, 0.4) is 0 Å². The predicted molar refractivity (Wildman–Crippen MR) is 108 cm³/mol. The van der Waals surface area contributed by atoms with E-state index in [2.05, 4.69) is 15.3 Å². The van der Waals surface area contributed by atoms with Crippen molar-refractivity contribution in [1.29, 1.82) is 0 Å². The highest BCUT2D eigenvalue weighted by atomic mass is 32.3. The number of rotatable bonds is 16. The summed E-state index contributed by atoms with van der Waals surface area (Å²) in [4.78, 5) is 0. The van der Waals surface area contributed by atoms with E-state index in [-0.39, 0.29) is 6.61 Å². The predicted octanol–water partition coefficient (Wildman–Crippen LogP) is 0.988. The number of aliphatic hydroxyl groups excluding tert-OH is 2. The molecule has 31 heavy (non-hydrogen) atoms. The lowest BCUT2D eigenvalue weighted by atomic mass is 9.99. The molecule has 0 aromatic rings. The van der Waals surface area contributed by atoms with Gasteiger partial charge >= 0.3 is 20.8 Å². The second-order valence-corrected chi connectivity index (χ2v) is 9.49. The second kappa shape index (κ2) is 14.0. The minimum absolute atomic E-state index is 0.0681. The number of unbranched alkanes of at least 4 members (excludes halogenated alkanes) is 8. The average molecular weight is 495 g/mol. The van der Waals surface area contributed by atoms with E-state index in [1.807, 2.05) is 0 Å². The molecular weight excluding hydrogens is 460 g/mol. The van der Waals surface area contributed by atoms with Gasteiger partial charge in [-0.1, -0.05) is 58.3 Å². The van der Waals surface area contributed by atoms with Crippen molar-refractivity contribution in [3.63, 3.8) is 0 Å². The van der Waals surface area contributed by atoms with Crippen LogP contribution in [0.4, 0.5) is 0 Å². The standard InChI is InChI=1S/C17H34O12S2/c1-2-3-4-5-6-7-8-9-10-11-26-17-16(29-31(23,24)25)15(28-30(20,21)22)14(19)13(12-18)27-17/h13-19H,2-12H2,1H3,(H,20,21,22)(H,23,24,25)/t13-,14-,15+,16-,17?/m1/s1. The van der Waals surface area contributed by atoms with E-state index < -0.39 is 58.1 Å². The van der Waals surface area contributed by atoms with E-state index in [1.54, 1.807) is 0 Å². The molecule has 12 nitrogen and oxygen atoms in total. The Hall–Kier alpha value is -0.420. The zero-order valence-electron chi connectivity index (χ0n) is 17.5. The zero-order valence-corrected chi connectivity index (χ0v) is 19.2. The van der Waals surface area contributed by atoms with Crippen LogP contribution >= 0.6 is 0 Å². The van der Waals surface area contributed by atoms with Gasteiger partial charge in [0.15, 0.2) is 12.4 Å². The van der Waals surface area contributed by atoms with Gasteiger partial charge in [0.1, 0.15) is 18.3 Å². The largest absolute Gasteiger partial charge is 0.397 e. The molecule has 0 amide bonds. The summed E-state index contributed by atoms with van der Waals surface area (Å²) in [6.45, 7) is 1.43. The quantitative estimate of drug-likeness (QED) is 0.176. The summed E-state index contributed by atoms with van der Waals surface area (Å²) in [5, 5.41) is 19.5. The molecular formula is C17H34O12S2. The first kappa shape index (κ1) is 28.6.